The SMILES string of the molecule is CC1COCCN1C(=O)COc1ccccc1C(N)=S. The molecule has 1 amide bonds. The summed E-state index contributed by atoms with van der Waals surface area (Å²) in [5.41, 5.74) is 6.27. The van der Waals surface area contributed by atoms with Crippen molar-refractivity contribution in [2.45, 2.75) is 13.0 Å². The molecule has 0 saturated carbocycles. The molecule has 6 heteroatoms. The molecular weight excluding hydrogens is 276 g/mol. The van der Waals surface area contributed by atoms with E-state index in [1.54, 1.807) is 17.0 Å². The van der Waals surface area contributed by atoms with Crippen LogP contribution in [-0.4, -0.2) is 48.2 Å². The first-order valence-electron chi connectivity index (χ1n) is 6.48. The van der Waals surface area contributed by atoms with E-state index >= 15 is 0 Å². The predicted octanol–water partition coefficient (Wildman–Crippen LogP) is 0.947. The maximum atomic E-state index is 12.1. The van der Waals surface area contributed by atoms with E-state index in [1.807, 2.05) is 19.1 Å². The largest absolute Gasteiger partial charge is 0.483 e. The van der Waals surface area contributed by atoms with Crippen LogP contribution < -0.4 is 10.5 Å². The van der Waals surface area contributed by atoms with Gasteiger partial charge in [0.2, 0.25) is 0 Å². The van der Waals surface area contributed by atoms with Crippen LogP contribution in [0.1, 0.15) is 12.5 Å². The quantitative estimate of drug-likeness (QED) is 0.838. The molecule has 0 aliphatic carbocycles. The summed E-state index contributed by atoms with van der Waals surface area (Å²) in [7, 11) is 0. The summed E-state index contributed by atoms with van der Waals surface area (Å²) in [5, 5.41) is 0. The molecule has 2 rings (SSSR count). The van der Waals surface area contributed by atoms with E-state index in [4.69, 9.17) is 27.4 Å². The van der Waals surface area contributed by atoms with Crippen LogP contribution in [0, 0.1) is 0 Å². The van der Waals surface area contributed by atoms with Gasteiger partial charge >= 0.3 is 0 Å². The van der Waals surface area contributed by atoms with E-state index in [1.165, 1.54) is 0 Å². The normalized spacial score (nSPS) is 18.6. The Bertz CT molecular complexity index is 507. The molecule has 1 fully saturated rings. The van der Waals surface area contributed by atoms with Gasteiger partial charge in [-0.05, 0) is 19.1 Å². The van der Waals surface area contributed by atoms with E-state index < -0.39 is 0 Å². The highest BCUT2D eigenvalue weighted by Crippen LogP contribution is 2.18. The zero-order valence-corrected chi connectivity index (χ0v) is 12.2. The fourth-order valence-corrected chi connectivity index (χ4v) is 2.28. The summed E-state index contributed by atoms with van der Waals surface area (Å²) in [6.45, 7) is 3.67. The molecule has 1 atom stereocenters. The molecule has 1 aliphatic heterocycles. The van der Waals surface area contributed by atoms with Crippen molar-refractivity contribution in [3.05, 3.63) is 29.8 Å². The topological polar surface area (TPSA) is 64.8 Å². The Labute approximate surface area is 123 Å². The van der Waals surface area contributed by atoms with Gasteiger partial charge in [0, 0.05) is 6.54 Å². The zero-order valence-electron chi connectivity index (χ0n) is 11.4. The van der Waals surface area contributed by atoms with Crippen LogP contribution in [0.4, 0.5) is 0 Å². The van der Waals surface area contributed by atoms with Crippen LogP contribution in [0.25, 0.3) is 0 Å². The lowest BCUT2D eigenvalue weighted by Crippen LogP contribution is -2.48. The number of carbonyl (C=O) groups excluding carboxylic acids is 1. The molecule has 0 spiro atoms. The number of carbonyl (C=O) groups is 1. The number of ether oxygens (including phenoxy) is 2. The van der Waals surface area contributed by atoms with Crippen molar-refractivity contribution in [3.8, 4) is 5.75 Å². The molecule has 1 unspecified atom stereocenters. The van der Waals surface area contributed by atoms with Gasteiger partial charge in [-0.1, -0.05) is 24.4 Å². The Morgan fingerprint density at radius 1 is 1.55 bits per heavy atom. The van der Waals surface area contributed by atoms with Crippen LogP contribution in [-0.2, 0) is 9.53 Å². The minimum Gasteiger partial charge on any atom is -0.483 e. The van der Waals surface area contributed by atoms with E-state index in [0.717, 1.165) is 0 Å². The van der Waals surface area contributed by atoms with Crippen LogP contribution in [0.3, 0.4) is 0 Å². The van der Waals surface area contributed by atoms with Crippen molar-refractivity contribution in [2.24, 2.45) is 5.73 Å². The van der Waals surface area contributed by atoms with Crippen molar-refractivity contribution >= 4 is 23.1 Å². The molecule has 0 radical (unpaired) electrons. The maximum Gasteiger partial charge on any atom is 0.260 e. The number of rotatable bonds is 4. The average molecular weight is 294 g/mol. The van der Waals surface area contributed by atoms with Crippen molar-refractivity contribution in [1.29, 1.82) is 0 Å². The highest BCUT2D eigenvalue weighted by Gasteiger charge is 2.24. The third kappa shape index (κ3) is 3.46. The maximum absolute atomic E-state index is 12.1. The lowest BCUT2D eigenvalue weighted by molar-refractivity contribution is -0.141. The number of hydrogen-bond donors (Lipinski definition) is 1. The number of nitrogens with two attached hydrogens (primary N) is 1. The Kier molecular flexibility index (Phi) is 4.92. The monoisotopic (exact) mass is 294 g/mol. The van der Waals surface area contributed by atoms with Crippen LogP contribution >= 0.6 is 12.2 Å². The van der Waals surface area contributed by atoms with Crippen molar-refractivity contribution in [1.82, 2.24) is 4.90 Å². The van der Waals surface area contributed by atoms with E-state index in [2.05, 4.69) is 0 Å². The summed E-state index contributed by atoms with van der Waals surface area (Å²) in [4.78, 5) is 14.2. The van der Waals surface area contributed by atoms with Gasteiger partial charge in [-0.3, -0.25) is 4.79 Å². The van der Waals surface area contributed by atoms with Gasteiger partial charge in [0.25, 0.3) is 5.91 Å². The average Bonchev–Trinajstić information content (AvgIpc) is 2.45. The second-order valence-corrected chi connectivity index (χ2v) is 5.10. The molecular formula is C14H18N2O3S. The van der Waals surface area contributed by atoms with Gasteiger partial charge in [0.15, 0.2) is 6.61 Å². The molecule has 1 aliphatic rings. The number of nitrogens with zero attached hydrogens (tertiary/aromatic N) is 1. The molecule has 0 aromatic heterocycles. The van der Waals surface area contributed by atoms with Crippen LogP contribution in [0.15, 0.2) is 24.3 Å². The zero-order chi connectivity index (χ0) is 14.5. The second-order valence-electron chi connectivity index (χ2n) is 4.66. The number of benzene rings is 1. The van der Waals surface area contributed by atoms with Crippen LogP contribution in [0.5, 0.6) is 5.75 Å². The van der Waals surface area contributed by atoms with Crippen molar-refractivity contribution < 1.29 is 14.3 Å². The third-order valence-electron chi connectivity index (χ3n) is 3.19. The number of para-hydroxylation sites is 1. The van der Waals surface area contributed by atoms with Crippen LogP contribution in [0.2, 0.25) is 0 Å². The summed E-state index contributed by atoms with van der Waals surface area (Å²) in [6.07, 6.45) is 0. The summed E-state index contributed by atoms with van der Waals surface area (Å²) in [5.74, 6) is 0.479. The molecule has 108 valence electrons. The fraction of sp³-hybridized carbons (Fsp3) is 0.429. The van der Waals surface area contributed by atoms with Gasteiger partial charge in [-0.25, -0.2) is 0 Å². The molecule has 1 saturated heterocycles. The first kappa shape index (κ1) is 14.7. The predicted molar refractivity (Wildman–Crippen MR) is 79.8 cm³/mol. The molecule has 2 N–H and O–H groups in total. The molecule has 1 aromatic rings. The first-order valence-corrected chi connectivity index (χ1v) is 6.89. The van der Waals surface area contributed by atoms with Crippen molar-refractivity contribution in [2.75, 3.05) is 26.4 Å². The Hall–Kier alpha value is -1.66. The molecule has 1 aromatic carbocycles. The van der Waals surface area contributed by atoms with E-state index in [0.29, 0.717) is 31.1 Å². The lowest BCUT2D eigenvalue weighted by Gasteiger charge is -2.33. The Balaban J connectivity index is 1.98. The van der Waals surface area contributed by atoms with E-state index in [-0.39, 0.29) is 23.5 Å². The summed E-state index contributed by atoms with van der Waals surface area (Å²) < 4.78 is 10.9. The third-order valence-corrected chi connectivity index (χ3v) is 3.41. The molecule has 20 heavy (non-hydrogen) atoms. The summed E-state index contributed by atoms with van der Waals surface area (Å²) >= 11 is 4.96. The first-order chi connectivity index (χ1) is 9.59. The minimum absolute atomic E-state index is 0.0238. The van der Waals surface area contributed by atoms with E-state index in [9.17, 15) is 4.79 Å². The van der Waals surface area contributed by atoms with Gasteiger partial charge in [-0.15, -0.1) is 0 Å². The number of thiocarbonyl (C=S) groups is 1. The van der Waals surface area contributed by atoms with Gasteiger partial charge in [0.1, 0.15) is 10.7 Å². The Morgan fingerprint density at radius 2 is 2.30 bits per heavy atom. The molecule has 1 heterocycles. The summed E-state index contributed by atoms with van der Waals surface area (Å²) in [6, 6.07) is 7.25. The smallest absolute Gasteiger partial charge is 0.260 e. The van der Waals surface area contributed by atoms with Crippen molar-refractivity contribution in [3.63, 3.8) is 0 Å². The van der Waals surface area contributed by atoms with Gasteiger partial charge in [-0.2, -0.15) is 0 Å². The molecule has 5 nitrogen and oxygen atoms in total. The Morgan fingerprint density at radius 3 is 3.00 bits per heavy atom. The minimum atomic E-state index is -0.0569. The fourth-order valence-electron chi connectivity index (χ4n) is 2.12. The number of amides is 1. The van der Waals surface area contributed by atoms with Gasteiger partial charge in [0.05, 0.1) is 24.8 Å². The number of hydrogen-bond acceptors (Lipinski definition) is 4. The highest BCUT2D eigenvalue weighted by molar-refractivity contribution is 7.80. The number of morpholine rings is 1. The standard InChI is InChI=1S/C14H18N2O3S/c1-10-8-18-7-6-16(10)13(17)9-19-12-5-3-2-4-11(12)14(15)20/h2-5,10H,6-9H2,1H3,(H2,15,20). The lowest BCUT2D eigenvalue weighted by atomic mass is 10.2. The van der Waals surface area contributed by atoms with Gasteiger partial charge < -0.3 is 20.1 Å². The second kappa shape index (κ2) is 6.67. The highest BCUT2D eigenvalue weighted by atomic mass is 32.1. The molecule has 0 bridgehead atoms.